The zero-order chi connectivity index (χ0) is 16.2. The molecule has 1 heterocycles. The average molecular weight is 338 g/mol. The molecule has 22 heavy (non-hydrogen) atoms. The van der Waals surface area contributed by atoms with Crippen LogP contribution in [0.15, 0.2) is 46.7 Å². The lowest BCUT2D eigenvalue weighted by Crippen LogP contribution is -2.34. The summed E-state index contributed by atoms with van der Waals surface area (Å²) in [5.74, 6) is 0. The number of hydrogen-bond donors (Lipinski definition) is 1. The van der Waals surface area contributed by atoms with Gasteiger partial charge in [0.15, 0.2) is 0 Å². The van der Waals surface area contributed by atoms with Gasteiger partial charge in [0.05, 0.1) is 10.9 Å². The van der Waals surface area contributed by atoms with Gasteiger partial charge >= 0.3 is 0 Å². The maximum Gasteiger partial charge on any atom is 0.240 e. The van der Waals surface area contributed by atoms with E-state index in [1.165, 1.54) is 0 Å². The molecule has 0 radical (unpaired) electrons. The van der Waals surface area contributed by atoms with E-state index in [1.54, 1.807) is 23.5 Å². The highest BCUT2D eigenvalue weighted by Gasteiger charge is 2.20. The molecule has 0 bridgehead atoms. The predicted octanol–water partition coefficient (Wildman–Crippen LogP) is 2.89. The molecule has 2 rings (SSSR count). The summed E-state index contributed by atoms with van der Waals surface area (Å²) in [5, 5.41) is 2.00. The van der Waals surface area contributed by atoms with Crippen molar-refractivity contribution >= 4 is 21.4 Å². The minimum Gasteiger partial charge on any atom is -0.300 e. The van der Waals surface area contributed by atoms with Crippen molar-refractivity contribution < 1.29 is 8.42 Å². The summed E-state index contributed by atoms with van der Waals surface area (Å²) in [6.07, 6.45) is 0.898. The van der Waals surface area contributed by atoms with E-state index in [-0.39, 0.29) is 6.04 Å². The van der Waals surface area contributed by atoms with Crippen LogP contribution in [0.5, 0.6) is 0 Å². The monoisotopic (exact) mass is 338 g/mol. The molecule has 1 N–H and O–H groups in total. The van der Waals surface area contributed by atoms with E-state index in [4.69, 9.17) is 0 Å². The lowest BCUT2D eigenvalue weighted by atomic mass is 10.2. The fraction of sp³-hybridized carbons (Fsp3) is 0.375. The van der Waals surface area contributed by atoms with Crippen LogP contribution in [0.1, 0.15) is 23.4 Å². The molecule has 4 nitrogen and oxygen atoms in total. The third-order valence-electron chi connectivity index (χ3n) is 3.60. The van der Waals surface area contributed by atoms with Crippen LogP contribution in [0.25, 0.3) is 0 Å². The van der Waals surface area contributed by atoms with E-state index in [0.29, 0.717) is 11.4 Å². The van der Waals surface area contributed by atoms with E-state index in [0.717, 1.165) is 16.9 Å². The molecule has 120 valence electrons. The third-order valence-corrected chi connectivity index (χ3v) is 6.02. The molecular formula is C16H22N2O2S2. The van der Waals surface area contributed by atoms with Gasteiger partial charge in [-0.15, -0.1) is 11.3 Å². The summed E-state index contributed by atoms with van der Waals surface area (Å²) < 4.78 is 27.5. The summed E-state index contributed by atoms with van der Waals surface area (Å²) in [7, 11) is 0.429. The number of nitrogens with zero attached hydrogens (tertiary/aromatic N) is 1. The SMILES string of the molecule is CCc1ccc(S(=O)(=O)NCC(c2cccs2)N(C)C)cc1. The highest BCUT2D eigenvalue weighted by molar-refractivity contribution is 7.89. The fourth-order valence-corrected chi connectivity index (χ4v) is 4.16. The standard InChI is InChI=1S/C16H22N2O2S2/c1-4-13-7-9-14(10-8-13)22(19,20)17-12-15(18(2)3)16-6-5-11-21-16/h5-11,15,17H,4,12H2,1-3H3. The second-order valence-corrected chi connectivity index (χ2v) is 8.09. The molecular weight excluding hydrogens is 316 g/mol. The number of aryl methyl sites for hydroxylation is 1. The van der Waals surface area contributed by atoms with E-state index in [2.05, 4.69) is 4.72 Å². The Kier molecular flexibility index (Phi) is 5.74. The topological polar surface area (TPSA) is 49.4 Å². The van der Waals surface area contributed by atoms with Gasteiger partial charge in [0.2, 0.25) is 10.0 Å². The van der Waals surface area contributed by atoms with Crippen LogP contribution in [-0.4, -0.2) is 34.0 Å². The zero-order valence-electron chi connectivity index (χ0n) is 13.1. The molecule has 1 unspecified atom stereocenters. The quantitative estimate of drug-likeness (QED) is 0.844. The summed E-state index contributed by atoms with van der Waals surface area (Å²) in [5.41, 5.74) is 1.13. The summed E-state index contributed by atoms with van der Waals surface area (Å²) in [6, 6.07) is 11.1. The summed E-state index contributed by atoms with van der Waals surface area (Å²) in [4.78, 5) is 3.48. The van der Waals surface area contributed by atoms with Gasteiger partial charge in [0.25, 0.3) is 0 Å². The second-order valence-electron chi connectivity index (χ2n) is 5.34. The van der Waals surface area contributed by atoms with Crippen LogP contribution in [0, 0.1) is 0 Å². The number of likely N-dealkylation sites (N-methyl/N-ethyl adjacent to an activating group) is 1. The van der Waals surface area contributed by atoms with Gasteiger partial charge in [-0.1, -0.05) is 25.1 Å². The molecule has 1 atom stereocenters. The first-order valence-electron chi connectivity index (χ1n) is 7.22. The van der Waals surface area contributed by atoms with E-state index >= 15 is 0 Å². The minimum atomic E-state index is -3.48. The predicted molar refractivity (Wildman–Crippen MR) is 91.8 cm³/mol. The molecule has 0 aliphatic heterocycles. The highest BCUT2D eigenvalue weighted by Crippen LogP contribution is 2.23. The molecule has 1 aromatic heterocycles. The second kappa shape index (κ2) is 7.37. The van der Waals surface area contributed by atoms with E-state index in [1.807, 2.05) is 55.6 Å². The number of nitrogens with one attached hydrogen (secondary N) is 1. The van der Waals surface area contributed by atoms with Gasteiger partial charge in [-0.25, -0.2) is 13.1 Å². The molecule has 0 aliphatic rings. The summed E-state index contributed by atoms with van der Waals surface area (Å²) in [6.45, 7) is 2.40. The zero-order valence-corrected chi connectivity index (χ0v) is 14.7. The Morgan fingerprint density at radius 3 is 2.36 bits per heavy atom. The van der Waals surface area contributed by atoms with Crippen LogP contribution in [-0.2, 0) is 16.4 Å². The molecule has 0 saturated carbocycles. The van der Waals surface area contributed by atoms with Crippen molar-refractivity contribution in [3.05, 3.63) is 52.2 Å². The van der Waals surface area contributed by atoms with Crippen LogP contribution in [0.4, 0.5) is 0 Å². The molecule has 0 saturated heterocycles. The van der Waals surface area contributed by atoms with Gasteiger partial charge in [-0.3, -0.25) is 0 Å². The van der Waals surface area contributed by atoms with Crippen molar-refractivity contribution in [1.82, 2.24) is 9.62 Å². The Labute approximate surface area is 136 Å². The van der Waals surface area contributed by atoms with Crippen molar-refractivity contribution in [2.24, 2.45) is 0 Å². The number of sulfonamides is 1. The molecule has 0 aliphatic carbocycles. The van der Waals surface area contributed by atoms with E-state index in [9.17, 15) is 8.42 Å². The maximum absolute atomic E-state index is 12.4. The van der Waals surface area contributed by atoms with Crippen LogP contribution in [0.3, 0.4) is 0 Å². The Hall–Kier alpha value is -1.21. The van der Waals surface area contributed by atoms with Crippen LogP contribution in [0.2, 0.25) is 0 Å². The molecule has 2 aromatic rings. The smallest absolute Gasteiger partial charge is 0.240 e. The first-order valence-corrected chi connectivity index (χ1v) is 9.58. The first kappa shape index (κ1) is 17.1. The minimum absolute atomic E-state index is 0.0321. The Morgan fingerprint density at radius 1 is 1.18 bits per heavy atom. The van der Waals surface area contributed by atoms with Crippen molar-refractivity contribution in [3.8, 4) is 0 Å². The Morgan fingerprint density at radius 2 is 1.86 bits per heavy atom. The van der Waals surface area contributed by atoms with Crippen molar-refractivity contribution in [1.29, 1.82) is 0 Å². The lowest BCUT2D eigenvalue weighted by Gasteiger charge is -2.23. The largest absolute Gasteiger partial charge is 0.300 e. The number of hydrogen-bond acceptors (Lipinski definition) is 4. The van der Waals surface area contributed by atoms with E-state index < -0.39 is 10.0 Å². The molecule has 6 heteroatoms. The molecule has 0 spiro atoms. The van der Waals surface area contributed by atoms with Crippen LogP contribution >= 0.6 is 11.3 Å². The van der Waals surface area contributed by atoms with Gasteiger partial charge in [0, 0.05) is 11.4 Å². The maximum atomic E-state index is 12.4. The highest BCUT2D eigenvalue weighted by atomic mass is 32.2. The molecule has 0 amide bonds. The Bertz CT molecular complexity index is 677. The molecule has 0 fully saturated rings. The van der Waals surface area contributed by atoms with Gasteiger partial charge in [-0.2, -0.15) is 0 Å². The molecule has 1 aromatic carbocycles. The normalized spacial score (nSPS) is 13.5. The van der Waals surface area contributed by atoms with Crippen molar-refractivity contribution in [2.45, 2.75) is 24.3 Å². The number of benzene rings is 1. The first-order chi connectivity index (χ1) is 10.4. The van der Waals surface area contributed by atoms with Crippen molar-refractivity contribution in [2.75, 3.05) is 20.6 Å². The number of rotatable bonds is 7. The van der Waals surface area contributed by atoms with Gasteiger partial charge in [0.1, 0.15) is 0 Å². The van der Waals surface area contributed by atoms with Gasteiger partial charge in [-0.05, 0) is 49.7 Å². The summed E-state index contributed by atoms with van der Waals surface area (Å²) >= 11 is 1.63. The average Bonchev–Trinajstić information content (AvgIpc) is 3.01. The Balaban J connectivity index is 2.10. The van der Waals surface area contributed by atoms with Gasteiger partial charge < -0.3 is 4.90 Å². The third kappa shape index (κ3) is 4.16. The van der Waals surface area contributed by atoms with Crippen molar-refractivity contribution in [3.63, 3.8) is 0 Å². The number of thiophene rings is 1. The van der Waals surface area contributed by atoms with Crippen LogP contribution < -0.4 is 4.72 Å². The lowest BCUT2D eigenvalue weighted by molar-refractivity contribution is 0.303. The fourth-order valence-electron chi connectivity index (χ4n) is 2.19.